The summed E-state index contributed by atoms with van der Waals surface area (Å²) in [5, 5.41) is 0. The summed E-state index contributed by atoms with van der Waals surface area (Å²) in [5.41, 5.74) is 0. The number of unbranched alkanes of at least 4 members (excludes halogenated alkanes) is 5. The van der Waals surface area contributed by atoms with Crippen molar-refractivity contribution in [2.45, 2.75) is 111 Å². The molecule has 0 heterocycles. The van der Waals surface area contributed by atoms with Crippen LogP contribution in [0.5, 0.6) is 0 Å². The van der Waals surface area contributed by atoms with Crippen LogP contribution in [0.3, 0.4) is 0 Å². The summed E-state index contributed by atoms with van der Waals surface area (Å²) < 4.78 is 0. The van der Waals surface area contributed by atoms with E-state index in [4.69, 9.17) is 29.3 Å². The van der Waals surface area contributed by atoms with Crippen LogP contribution >= 0.6 is 0 Å². The number of hydrogen-bond acceptors (Lipinski definition) is 6. The fourth-order valence-corrected chi connectivity index (χ4v) is 2.67. The molecule has 0 N–H and O–H groups in total. The molecule has 0 aromatic carbocycles. The molecule has 0 amide bonds. The van der Waals surface area contributed by atoms with Gasteiger partial charge in [0.2, 0.25) is 0 Å². The standard InChI is InChI=1S/C21H44O6/c1-6-11-12-13-14-15-16-20(10-5)21(25-22-17-7-2,26-23-18-8-3)27-24-19-9-4/h20H,6-19H2,1-5H3. The minimum Gasteiger partial charge on any atom is -0.231 e. The lowest BCUT2D eigenvalue weighted by atomic mass is 9.95. The predicted molar refractivity (Wildman–Crippen MR) is 106 cm³/mol. The first-order valence-corrected chi connectivity index (χ1v) is 11.1. The highest BCUT2D eigenvalue weighted by molar-refractivity contribution is 4.68. The van der Waals surface area contributed by atoms with Gasteiger partial charge in [-0.1, -0.05) is 73.1 Å². The minimum atomic E-state index is -1.50. The zero-order valence-corrected chi connectivity index (χ0v) is 18.4. The Labute approximate surface area is 167 Å². The molecule has 0 aliphatic rings. The molecule has 0 spiro atoms. The third-order valence-corrected chi connectivity index (χ3v) is 4.29. The highest BCUT2D eigenvalue weighted by atomic mass is 17.4. The van der Waals surface area contributed by atoms with Gasteiger partial charge in [-0.25, -0.2) is 14.7 Å². The first kappa shape index (κ1) is 26.8. The molecular formula is C21H44O6. The van der Waals surface area contributed by atoms with Crippen molar-refractivity contribution < 1.29 is 29.3 Å². The molecule has 6 nitrogen and oxygen atoms in total. The van der Waals surface area contributed by atoms with E-state index in [1.807, 2.05) is 20.8 Å². The van der Waals surface area contributed by atoms with Crippen LogP contribution in [0.15, 0.2) is 0 Å². The maximum atomic E-state index is 5.62. The van der Waals surface area contributed by atoms with Gasteiger partial charge in [-0.3, -0.25) is 0 Å². The summed E-state index contributed by atoms with van der Waals surface area (Å²) in [6.07, 6.45) is 11.6. The molecule has 27 heavy (non-hydrogen) atoms. The third kappa shape index (κ3) is 12.8. The van der Waals surface area contributed by atoms with Crippen LogP contribution in [0, 0.1) is 5.92 Å². The molecule has 0 radical (unpaired) electrons. The maximum absolute atomic E-state index is 5.62. The summed E-state index contributed by atoms with van der Waals surface area (Å²) in [6.45, 7) is 11.7. The van der Waals surface area contributed by atoms with Crippen LogP contribution in [0.2, 0.25) is 0 Å². The highest BCUT2D eigenvalue weighted by Crippen LogP contribution is 2.34. The van der Waals surface area contributed by atoms with Gasteiger partial charge in [0.1, 0.15) is 0 Å². The largest absolute Gasteiger partial charge is 0.368 e. The molecule has 0 aliphatic carbocycles. The first-order chi connectivity index (χ1) is 13.2. The minimum absolute atomic E-state index is 0.0609. The fraction of sp³-hybridized carbons (Fsp3) is 1.00. The normalized spacial score (nSPS) is 13.2. The van der Waals surface area contributed by atoms with Crippen LogP contribution in [-0.4, -0.2) is 25.8 Å². The number of hydrogen-bond donors (Lipinski definition) is 0. The second-order valence-corrected chi connectivity index (χ2v) is 6.98. The lowest BCUT2D eigenvalue weighted by Crippen LogP contribution is -2.46. The highest BCUT2D eigenvalue weighted by Gasteiger charge is 2.46. The van der Waals surface area contributed by atoms with Crippen LogP contribution in [0.4, 0.5) is 0 Å². The quantitative estimate of drug-likeness (QED) is 0.0962. The van der Waals surface area contributed by atoms with Crippen molar-refractivity contribution in [2.75, 3.05) is 19.8 Å². The van der Waals surface area contributed by atoms with Crippen LogP contribution < -0.4 is 0 Å². The van der Waals surface area contributed by atoms with Gasteiger partial charge in [0.05, 0.1) is 19.8 Å². The van der Waals surface area contributed by atoms with Gasteiger partial charge in [0.15, 0.2) is 0 Å². The SMILES string of the molecule is CCCCCCCCC(CC)C(OOCCC)(OOCCC)OOCCC. The van der Waals surface area contributed by atoms with Gasteiger partial charge in [-0.05, 0) is 32.1 Å². The van der Waals surface area contributed by atoms with E-state index in [9.17, 15) is 0 Å². The third-order valence-electron chi connectivity index (χ3n) is 4.29. The summed E-state index contributed by atoms with van der Waals surface area (Å²) in [4.78, 5) is 32.9. The van der Waals surface area contributed by atoms with E-state index in [1.165, 1.54) is 32.1 Å². The molecule has 0 fully saturated rings. The molecule has 0 aliphatic heterocycles. The topological polar surface area (TPSA) is 55.4 Å². The molecular weight excluding hydrogens is 348 g/mol. The fourth-order valence-electron chi connectivity index (χ4n) is 2.67. The molecule has 0 saturated carbocycles. The van der Waals surface area contributed by atoms with Crippen molar-refractivity contribution in [1.29, 1.82) is 0 Å². The molecule has 1 atom stereocenters. The average molecular weight is 393 g/mol. The van der Waals surface area contributed by atoms with E-state index < -0.39 is 5.97 Å². The predicted octanol–water partition coefficient (Wildman–Crippen LogP) is 6.49. The van der Waals surface area contributed by atoms with Crippen molar-refractivity contribution in [3.05, 3.63) is 0 Å². The van der Waals surface area contributed by atoms with Gasteiger partial charge < -0.3 is 0 Å². The van der Waals surface area contributed by atoms with Crippen molar-refractivity contribution in [2.24, 2.45) is 5.92 Å². The van der Waals surface area contributed by atoms with Gasteiger partial charge in [-0.2, -0.15) is 14.7 Å². The van der Waals surface area contributed by atoms with Gasteiger partial charge in [0, 0.05) is 5.92 Å². The first-order valence-electron chi connectivity index (χ1n) is 11.1. The average Bonchev–Trinajstić information content (AvgIpc) is 2.67. The molecule has 0 aromatic heterocycles. The molecule has 0 saturated heterocycles. The Morgan fingerprint density at radius 1 is 0.556 bits per heavy atom. The molecule has 6 heteroatoms. The lowest BCUT2D eigenvalue weighted by molar-refractivity contribution is -0.643. The zero-order chi connectivity index (χ0) is 20.2. The van der Waals surface area contributed by atoms with E-state index in [0.717, 1.165) is 38.5 Å². The second kappa shape index (κ2) is 19.1. The summed E-state index contributed by atoms with van der Waals surface area (Å²) in [6, 6.07) is 0. The molecule has 1 unspecified atom stereocenters. The van der Waals surface area contributed by atoms with E-state index in [2.05, 4.69) is 13.8 Å². The van der Waals surface area contributed by atoms with Gasteiger partial charge in [0.25, 0.3) is 0 Å². The van der Waals surface area contributed by atoms with Crippen LogP contribution in [-0.2, 0) is 29.3 Å². The molecule has 0 rings (SSSR count). The van der Waals surface area contributed by atoms with Crippen molar-refractivity contribution in [1.82, 2.24) is 0 Å². The van der Waals surface area contributed by atoms with Gasteiger partial charge >= 0.3 is 5.97 Å². The van der Waals surface area contributed by atoms with Crippen LogP contribution in [0.25, 0.3) is 0 Å². The van der Waals surface area contributed by atoms with E-state index in [1.54, 1.807) is 0 Å². The summed E-state index contributed by atoms with van der Waals surface area (Å²) >= 11 is 0. The smallest absolute Gasteiger partial charge is 0.231 e. The van der Waals surface area contributed by atoms with Crippen LogP contribution in [0.1, 0.15) is 105 Å². The maximum Gasteiger partial charge on any atom is 0.368 e. The van der Waals surface area contributed by atoms with E-state index in [0.29, 0.717) is 19.8 Å². The summed E-state index contributed by atoms with van der Waals surface area (Å²) in [7, 11) is 0. The Bertz CT molecular complexity index is 274. The number of rotatable bonds is 21. The van der Waals surface area contributed by atoms with Crippen molar-refractivity contribution >= 4 is 0 Å². The van der Waals surface area contributed by atoms with E-state index >= 15 is 0 Å². The van der Waals surface area contributed by atoms with Crippen molar-refractivity contribution in [3.63, 3.8) is 0 Å². The zero-order valence-electron chi connectivity index (χ0n) is 18.4. The Balaban J connectivity index is 4.92. The van der Waals surface area contributed by atoms with Gasteiger partial charge in [-0.15, -0.1) is 0 Å². The second-order valence-electron chi connectivity index (χ2n) is 6.98. The Morgan fingerprint density at radius 2 is 1.00 bits per heavy atom. The lowest BCUT2D eigenvalue weighted by Gasteiger charge is -2.35. The monoisotopic (exact) mass is 392 g/mol. The Kier molecular flexibility index (Phi) is 18.9. The Morgan fingerprint density at radius 3 is 1.41 bits per heavy atom. The van der Waals surface area contributed by atoms with E-state index in [-0.39, 0.29) is 5.92 Å². The van der Waals surface area contributed by atoms with Crippen molar-refractivity contribution in [3.8, 4) is 0 Å². The summed E-state index contributed by atoms with van der Waals surface area (Å²) in [5.74, 6) is -1.56. The molecule has 0 aromatic rings. The Hall–Kier alpha value is -0.240. The molecule has 0 bridgehead atoms. The molecule has 164 valence electrons.